The van der Waals surface area contributed by atoms with Crippen molar-refractivity contribution in [3.63, 3.8) is 0 Å². The first-order valence-corrected chi connectivity index (χ1v) is 13.2. The summed E-state index contributed by atoms with van der Waals surface area (Å²) in [6.45, 7) is 8.69. The molecule has 2 atom stereocenters. The highest BCUT2D eigenvalue weighted by atomic mass is 16.6. The molecule has 36 heavy (non-hydrogen) atoms. The summed E-state index contributed by atoms with van der Waals surface area (Å²) in [7, 11) is 0. The number of ether oxygens (including phenoxy) is 4. The molecule has 2 unspecified atom stereocenters. The van der Waals surface area contributed by atoms with Crippen molar-refractivity contribution in [2.24, 2.45) is 0 Å². The topological polar surface area (TPSA) is 71.1 Å². The smallest absolute Gasteiger partial charge is 0.347 e. The van der Waals surface area contributed by atoms with Crippen LogP contribution in [0.25, 0.3) is 21.5 Å². The molecular weight excluding hydrogens is 456 g/mol. The molecule has 0 saturated heterocycles. The predicted octanol–water partition coefficient (Wildman–Crippen LogP) is 6.99. The van der Waals surface area contributed by atoms with E-state index in [-0.39, 0.29) is 11.9 Å². The van der Waals surface area contributed by atoms with Gasteiger partial charge in [-0.3, -0.25) is 0 Å². The maximum Gasteiger partial charge on any atom is 0.347 e. The van der Waals surface area contributed by atoms with Crippen molar-refractivity contribution in [2.45, 2.75) is 78.4 Å². The lowest BCUT2D eigenvalue weighted by atomic mass is 10.00. The van der Waals surface area contributed by atoms with Crippen molar-refractivity contribution in [3.8, 4) is 11.5 Å². The minimum absolute atomic E-state index is 0.361. The van der Waals surface area contributed by atoms with Crippen molar-refractivity contribution < 1.29 is 28.5 Å². The Bertz CT molecular complexity index is 1010. The van der Waals surface area contributed by atoms with Crippen LogP contribution < -0.4 is 9.47 Å². The van der Waals surface area contributed by atoms with Crippen LogP contribution in [0.15, 0.2) is 48.5 Å². The van der Waals surface area contributed by atoms with E-state index in [4.69, 9.17) is 18.9 Å². The zero-order valence-electron chi connectivity index (χ0n) is 21.9. The fourth-order valence-electron chi connectivity index (χ4n) is 4.00. The number of unbranched alkanes of at least 4 members (excludes halogenated alkanes) is 2. The first kappa shape index (κ1) is 27.3. The van der Waals surface area contributed by atoms with Crippen molar-refractivity contribution in [1.29, 1.82) is 0 Å². The summed E-state index contributed by atoms with van der Waals surface area (Å²) in [4.78, 5) is 25.5. The molecule has 0 saturated carbocycles. The summed E-state index contributed by atoms with van der Waals surface area (Å²) in [6.07, 6.45) is 3.05. The van der Waals surface area contributed by atoms with E-state index in [1.807, 2.05) is 62.4 Å². The van der Waals surface area contributed by atoms with Crippen LogP contribution in [-0.4, -0.2) is 37.4 Å². The second kappa shape index (κ2) is 13.7. The SMILES string of the molecule is CCCCOC(=O)C(CC)Oc1c2ccccc2c(OC(CC)C(=O)OCCCC)c2ccccc12. The van der Waals surface area contributed by atoms with Crippen molar-refractivity contribution in [1.82, 2.24) is 0 Å². The van der Waals surface area contributed by atoms with E-state index in [1.54, 1.807) is 0 Å². The van der Waals surface area contributed by atoms with Gasteiger partial charge in [-0.15, -0.1) is 0 Å². The molecule has 3 aromatic rings. The third kappa shape index (κ3) is 6.48. The molecule has 0 aliphatic carbocycles. The van der Waals surface area contributed by atoms with E-state index < -0.39 is 12.2 Å². The third-order valence-corrected chi connectivity index (χ3v) is 6.10. The van der Waals surface area contributed by atoms with Gasteiger partial charge in [0.1, 0.15) is 11.5 Å². The minimum Gasteiger partial charge on any atom is -0.477 e. The van der Waals surface area contributed by atoms with Crippen LogP contribution in [0, 0.1) is 0 Å². The number of carbonyl (C=O) groups is 2. The van der Waals surface area contributed by atoms with Gasteiger partial charge in [-0.1, -0.05) is 89.1 Å². The molecule has 0 aromatic heterocycles. The second-order valence-electron chi connectivity index (χ2n) is 8.82. The molecule has 3 aromatic carbocycles. The predicted molar refractivity (Wildman–Crippen MR) is 143 cm³/mol. The maximum atomic E-state index is 12.7. The van der Waals surface area contributed by atoms with Crippen LogP contribution in [-0.2, 0) is 19.1 Å². The number of hydrogen-bond acceptors (Lipinski definition) is 6. The summed E-state index contributed by atoms with van der Waals surface area (Å²) in [6, 6.07) is 15.5. The van der Waals surface area contributed by atoms with Crippen LogP contribution in [0.5, 0.6) is 11.5 Å². The number of rotatable bonds is 14. The van der Waals surface area contributed by atoms with E-state index in [2.05, 4.69) is 13.8 Å². The lowest BCUT2D eigenvalue weighted by molar-refractivity contribution is -0.152. The standard InChI is InChI=1S/C30H38O6/c1-5-9-19-33-29(31)25(7-3)35-27-21-15-11-13-17-23(21)28(24-18-14-12-16-22(24)27)36-26(8-4)30(32)34-20-10-6-2/h11-18,25-26H,5-10,19-20H2,1-4H3. The van der Waals surface area contributed by atoms with Crippen molar-refractivity contribution in [2.75, 3.05) is 13.2 Å². The molecule has 0 heterocycles. The highest BCUT2D eigenvalue weighted by molar-refractivity contribution is 6.11. The Hall–Kier alpha value is -3.28. The van der Waals surface area contributed by atoms with Crippen molar-refractivity contribution >= 4 is 33.5 Å². The normalized spacial score (nSPS) is 12.8. The van der Waals surface area contributed by atoms with Gasteiger partial charge in [-0.25, -0.2) is 9.59 Å². The molecule has 0 N–H and O–H groups in total. The number of fused-ring (bicyclic) bond motifs is 2. The van der Waals surface area contributed by atoms with E-state index in [9.17, 15) is 9.59 Å². The largest absolute Gasteiger partial charge is 0.477 e. The Labute approximate surface area is 213 Å². The first-order valence-electron chi connectivity index (χ1n) is 13.2. The van der Waals surface area contributed by atoms with Gasteiger partial charge in [0.15, 0.2) is 12.2 Å². The fraction of sp³-hybridized carbons (Fsp3) is 0.467. The van der Waals surface area contributed by atoms with E-state index in [1.165, 1.54) is 0 Å². The molecular formula is C30H38O6. The number of benzene rings is 3. The molecule has 0 spiro atoms. The molecule has 0 radical (unpaired) electrons. The maximum absolute atomic E-state index is 12.7. The number of carbonyl (C=O) groups excluding carboxylic acids is 2. The first-order chi connectivity index (χ1) is 17.5. The van der Waals surface area contributed by atoms with E-state index >= 15 is 0 Å². The van der Waals surface area contributed by atoms with Crippen LogP contribution in [0.4, 0.5) is 0 Å². The lowest BCUT2D eigenvalue weighted by Crippen LogP contribution is -2.30. The Morgan fingerprint density at radius 3 is 1.22 bits per heavy atom. The van der Waals surface area contributed by atoms with Crippen molar-refractivity contribution in [3.05, 3.63) is 48.5 Å². The highest BCUT2D eigenvalue weighted by Crippen LogP contribution is 2.43. The van der Waals surface area contributed by atoms with Crippen LogP contribution >= 0.6 is 0 Å². The summed E-state index contributed by atoms with van der Waals surface area (Å²) >= 11 is 0. The Morgan fingerprint density at radius 2 is 0.944 bits per heavy atom. The summed E-state index contributed by atoms with van der Waals surface area (Å²) < 4.78 is 23.6. The van der Waals surface area contributed by atoms with Gasteiger partial charge in [0.05, 0.1) is 13.2 Å². The van der Waals surface area contributed by atoms with Gasteiger partial charge in [-0.2, -0.15) is 0 Å². The number of hydrogen-bond donors (Lipinski definition) is 0. The summed E-state index contributed by atoms with van der Waals surface area (Å²) in [5.74, 6) is 0.485. The van der Waals surface area contributed by atoms with Gasteiger partial charge < -0.3 is 18.9 Å². The van der Waals surface area contributed by atoms with Gasteiger partial charge in [0.2, 0.25) is 0 Å². The fourth-order valence-corrected chi connectivity index (χ4v) is 4.00. The minimum atomic E-state index is -0.725. The average molecular weight is 495 g/mol. The van der Waals surface area contributed by atoms with E-state index in [0.717, 1.165) is 47.2 Å². The van der Waals surface area contributed by atoms with Gasteiger partial charge in [0, 0.05) is 21.5 Å². The quantitative estimate of drug-likeness (QED) is 0.137. The molecule has 0 aliphatic rings. The zero-order chi connectivity index (χ0) is 25.9. The molecule has 0 amide bonds. The molecule has 3 rings (SSSR count). The monoisotopic (exact) mass is 494 g/mol. The Kier molecular flexibility index (Phi) is 10.4. The summed E-state index contributed by atoms with van der Waals surface area (Å²) in [5.41, 5.74) is 0. The van der Waals surface area contributed by atoms with Gasteiger partial charge in [0.25, 0.3) is 0 Å². The molecule has 0 bridgehead atoms. The highest BCUT2D eigenvalue weighted by Gasteiger charge is 2.26. The lowest BCUT2D eigenvalue weighted by Gasteiger charge is -2.23. The Morgan fingerprint density at radius 1 is 0.611 bits per heavy atom. The molecule has 194 valence electrons. The van der Waals surface area contributed by atoms with Gasteiger partial charge in [-0.05, 0) is 25.7 Å². The molecule has 6 nitrogen and oxygen atoms in total. The van der Waals surface area contributed by atoms with Crippen LogP contribution in [0.3, 0.4) is 0 Å². The van der Waals surface area contributed by atoms with Crippen LogP contribution in [0.1, 0.15) is 66.2 Å². The van der Waals surface area contributed by atoms with Crippen LogP contribution in [0.2, 0.25) is 0 Å². The van der Waals surface area contributed by atoms with E-state index in [0.29, 0.717) is 37.6 Å². The molecule has 0 fully saturated rings. The Balaban J connectivity index is 2.03. The van der Waals surface area contributed by atoms with Gasteiger partial charge >= 0.3 is 11.9 Å². The average Bonchev–Trinajstić information content (AvgIpc) is 2.90. The summed E-state index contributed by atoms with van der Waals surface area (Å²) in [5, 5.41) is 3.22. The number of esters is 2. The molecule has 0 aliphatic heterocycles. The zero-order valence-corrected chi connectivity index (χ0v) is 21.9. The second-order valence-corrected chi connectivity index (χ2v) is 8.82. The third-order valence-electron chi connectivity index (χ3n) is 6.10. The molecule has 6 heteroatoms.